The third kappa shape index (κ3) is 1.22. The van der Waals surface area contributed by atoms with E-state index in [1.54, 1.807) is 0 Å². The minimum absolute atomic E-state index is 0.549. The molecule has 68 valence electrons. The van der Waals surface area contributed by atoms with Gasteiger partial charge in [0.05, 0.1) is 11.7 Å². The van der Waals surface area contributed by atoms with Crippen molar-refractivity contribution in [2.45, 2.75) is 26.7 Å². The minimum Gasteiger partial charge on any atom is -0.357 e. The summed E-state index contributed by atoms with van der Waals surface area (Å²) in [7, 11) is 0. The molecule has 0 saturated heterocycles. The SMILES string of the molecule is Cc1c(C(C)C)[nH]c2cnccc12. The first-order chi connectivity index (χ1) is 6.20. The molecule has 1 N–H and O–H groups in total. The van der Waals surface area contributed by atoms with Gasteiger partial charge in [-0.05, 0) is 24.5 Å². The van der Waals surface area contributed by atoms with E-state index in [2.05, 4.69) is 36.8 Å². The molecule has 0 spiro atoms. The predicted molar refractivity (Wildman–Crippen MR) is 54.9 cm³/mol. The van der Waals surface area contributed by atoms with Gasteiger partial charge in [-0.25, -0.2) is 0 Å². The van der Waals surface area contributed by atoms with E-state index < -0.39 is 0 Å². The fraction of sp³-hybridized carbons (Fsp3) is 0.364. The second-order valence-corrected chi connectivity index (χ2v) is 3.74. The lowest BCUT2D eigenvalue weighted by Crippen LogP contribution is -1.88. The van der Waals surface area contributed by atoms with Gasteiger partial charge in [0.15, 0.2) is 0 Å². The van der Waals surface area contributed by atoms with Crippen LogP contribution in [0.3, 0.4) is 0 Å². The van der Waals surface area contributed by atoms with Gasteiger partial charge in [0.25, 0.3) is 0 Å². The van der Waals surface area contributed by atoms with Crippen LogP contribution < -0.4 is 0 Å². The summed E-state index contributed by atoms with van der Waals surface area (Å²) in [6, 6.07) is 2.06. The second-order valence-electron chi connectivity index (χ2n) is 3.74. The van der Waals surface area contributed by atoms with Gasteiger partial charge in [0, 0.05) is 17.3 Å². The molecule has 0 fully saturated rings. The van der Waals surface area contributed by atoms with Gasteiger partial charge in [0.2, 0.25) is 0 Å². The predicted octanol–water partition coefficient (Wildman–Crippen LogP) is 2.99. The molecule has 0 unspecified atom stereocenters. The number of aromatic amines is 1. The monoisotopic (exact) mass is 174 g/mol. The van der Waals surface area contributed by atoms with Gasteiger partial charge in [-0.3, -0.25) is 4.98 Å². The number of nitrogens with one attached hydrogen (secondary N) is 1. The van der Waals surface area contributed by atoms with Crippen molar-refractivity contribution in [1.82, 2.24) is 9.97 Å². The summed E-state index contributed by atoms with van der Waals surface area (Å²) >= 11 is 0. The Balaban J connectivity index is 2.74. The number of aryl methyl sites for hydroxylation is 1. The summed E-state index contributed by atoms with van der Waals surface area (Å²) in [5, 5.41) is 1.29. The maximum absolute atomic E-state index is 4.10. The first-order valence-electron chi connectivity index (χ1n) is 4.62. The molecular weight excluding hydrogens is 160 g/mol. The molecule has 0 aliphatic rings. The molecule has 2 aromatic heterocycles. The summed E-state index contributed by atoms with van der Waals surface area (Å²) in [6.07, 6.45) is 3.72. The quantitative estimate of drug-likeness (QED) is 0.707. The van der Waals surface area contributed by atoms with E-state index in [9.17, 15) is 0 Å². The lowest BCUT2D eigenvalue weighted by molar-refractivity contribution is 0.827. The topological polar surface area (TPSA) is 28.7 Å². The Labute approximate surface area is 78.0 Å². The molecule has 0 bridgehead atoms. The van der Waals surface area contributed by atoms with Gasteiger partial charge in [0.1, 0.15) is 0 Å². The third-order valence-electron chi connectivity index (χ3n) is 2.48. The van der Waals surface area contributed by atoms with Gasteiger partial charge >= 0.3 is 0 Å². The molecule has 0 aromatic carbocycles. The molecule has 0 saturated carbocycles. The largest absolute Gasteiger partial charge is 0.357 e. The van der Waals surface area contributed by atoms with E-state index in [0.29, 0.717) is 5.92 Å². The number of fused-ring (bicyclic) bond motifs is 1. The molecule has 2 rings (SSSR count). The van der Waals surface area contributed by atoms with Gasteiger partial charge < -0.3 is 4.98 Å². The molecule has 0 aliphatic carbocycles. The van der Waals surface area contributed by atoms with E-state index in [4.69, 9.17) is 0 Å². The van der Waals surface area contributed by atoms with Crippen molar-refractivity contribution >= 4 is 10.9 Å². The Morgan fingerprint density at radius 2 is 2.15 bits per heavy atom. The number of hydrogen-bond acceptors (Lipinski definition) is 1. The zero-order chi connectivity index (χ0) is 9.42. The van der Waals surface area contributed by atoms with Crippen LogP contribution in [0.2, 0.25) is 0 Å². The van der Waals surface area contributed by atoms with E-state index in [-0.39, 0.29) is 0 Å². The first-order valence-corrected chi connectivity index (χ1v) is 4.62. The number of aromatic nitrogens is 2. The molecule has 13 heavy (non-hydrogen) atoms. The molecule has 2 aromatic rings. The summed E-state index contributed by atoms with van der Waals surface area (Å²) in [5.74, 6) is 0.549. The van der Waals surface area contributed by atoms with Gasteiger partial charge in [-0.15, -0.1) is 0 Å². The summed E-state index contributed by atoms with van der Waals surface area (Å²) < 4.78 is 0. The highest BCUT2D eigenvalue weighted by molar-refractivity contribution is 5.83. The average molecular weight is 174 g/mol. The fourth-order valence-corrected chi connectivity index (χ4v) is 1.78. The van der Waals surface area contributed by atoms with Gasteiger partial charge in [-0.1, -0.05) is 13.8 Å². The van der Waals surface area contributed by atoms with Crippen molar-refractivity contribution in [3.63, 3.8) is 0 Å². The van der Waals surface area contributed by atoms with Crippen LogP contribution in [-0.2, 0) is 0 Å². The third-order valence-corrected chi connectivity index (χ3v) is 2.48. The second kappa shape index (κ2) is 2.87. The Kier molecular flexibility index (Phi) is 1.83. The van der Waals surface area contributed by atoms with E-state index in [1.165, 1.54) is 16.6 Å². The van der Waals surface area contributed by atoms with Crippen molar-refractivity contribution in [3.8, 4) is 0 Å². The van der Waals surface area contributed by atoms with Crippen molar-refractivity contribution in [1.29, 1.82) is 0 Å². The fourth-order valence-electron chi connectivity index (χ4n) is 1.78. The van der Waals surface area contributed by atoms with E-state index >= 15 is 0 Å². The van der Waals surface area contributed by atoms with Crippen molar-refractivity contribution < 1.29 is 0 Å². The standard InChI is InChI=1S/C11H14N2/c1-7(2)11-8(3)9-4-5-12-6-10(9)13-11/h4-7,13H,1-3H3. The molecule has 2 heteroatoms. The summed E-state index contributed by atoms with van der Waals surface area (Å²) in [5.41, 5.74) is 3.82. The number of pyridine rings is 1. The van der Waals surface area contributed by atoms with Crippen LogP contribution in [0, 0.1) is 6.92 Å². The van der Waals surface area contributed by atoms with E-state index in [0.717, 1.165) is 5.52 Å². The summed E-state index contributed by atoms with van der Waals surface area (Å²) in [6.45, 7) is 6.56. The Hall–Kier alpha value is -1.31. The highest BCUT2D eigenvalue weighted by atomic mass is 14.8. The zero-order valence-electron chi connectivity index (χ0n) is 8.26. The summed E-state index contributed by atoms with van der Waals surface area (Å²) in [4.78, 5) is 7.50. The van der Waals surface area contributed by atoms with E-state index in [1.807, 2.05) is 12.4 Å². The molecule has 0 aliphatic heterocycles. The minimum atomic E-state index is 0.549. The maximum atomic E-state index is 4.10. The van der Waals surface area contributed by atoms with Crippen LogP contribution in [0.15, 0.2) is 18.5 Å². The number of nitrogens with zero attached hydrogens (tertiary/aromatic N) is 1. The molecule has 0 atom stereocenters. The average Bonchev–Trinajstić information content (AvgIpc) is 2.45. The van der Waals surface area contributed by atoms with Crippen molar-refractivity contribution in [2.24, 2.45) is 0 Å². The van der Waals surface area contributed by atoms with Crippen molar-refractivity contribution in [3.05, 3.63) is 29.7 Å². The van der Waals surface area contributed by atoms with Gasteiger partial charge in [-0.2, -0.15) is 0 Å². The van der Waals surface area contributed by atoms with Crippen LogP contribution in [-0.4, -0.2) is 9.97 Å². The Bertz CT molecular complexity index is 427. The number of rotatable bonds is 1. The molecule has 0 radical (unpaired) electrons. The zero-order valence-corrected chi connectivity index (χ0v) is 8.26. The first kappa shape index (κ1) is 8.30. The van der Waals surface area contributed by atoms with Crippen LogP contribution >= 0.6 is 0 Å². The smallest absolute Gasteiger partial charge is 0.0645 e. The lowest BCUT2D eigenvalue weighted by atomic mass is 10.1. The number of hydrogen-bond donors (Lipinski definition) is 1. The number of H-pyrrole nitrogens is 1. The Morgan fingerprint density at radius 3 is 2.77 bits per heavy atom. The Morgan fingerprint density at radius 1 is 1.38 bits per heavy atom. The maximum Gasteiger partial charge on any atom is 0.0645 e. The van der Waals surface area contributed by atoms with Crippen LogP contribution in [0.4, 0.5) is 0 Å². The molecule has 2 heterocycles. The normalized spacial score (nSPS) is 11.4. The molecule has 0 amide bonds. The highest BCUT2D eigenvalue weighted by Gasteiger charge is 2.09. The van der Waals surface area contributed by atoms with Crippen LogP contribution in [0.5, 0.6) is 0 Å². The highest BCUT2D eigenvalue weighted by Crippen LogP contribution is 2.25. The molecule has 2 nitrogen and oxygen atoms in total. The lowest BCUT2D eigenvalue weighted by Gasteiger charge is -2.02. The molecular formula is C11H14N2. The van der Waals surface area contributed by atoms with Crippen molar-refractivity contribution in [2.75, 3.05) is 0 Å². The van der Waals surface area contributed by atoms with Crippen LogP contribution in [0.25, 0.3) is 10.9 Å². The van der Waals surface area contributed by atoms with Crippen LogP contribution in [0.1, 0.15) is 31.0 Å².